The Labute approximate surface area is 158 Å². The third-order valence-corrected chi connectivity index (χ3v) is 4.20. The third-order valence-electron chi connectivity index (χ3n) is 3.33. The van der Waals surface area contributed by atoms with Crippen molar-refractivity contribution in [2.24, 2.45) is 5.10 Å². The number of methoxy groups -OCH3 is 1. The zero-order valence-corrected chi connectivity index (χ0v) is 15.3. The van der Waals surface area contributed by atoms with E-state index in [1.807, 2.05) is 12.3 Å². The first-order valence-corrected chi connectivity index (χ1v) is 8.61. The summed E-state index contributed by atoms with van der Waals surface area (Å²) in [6, 6.07) is 7.86. The lowest BCUT2D eigenvalue weighted by Crippen LogP contribution is -1.98. The van der Waals surface area contributed by atoms with E-state index in [9.17, 15) is 10.1 Å². The summed E-state index contributed by atoms with van der Waals surface area (Å²) in [5.74, 6) is 0.590. The predicted molar refractivity (Wildman–Crippen MR) is 102 cm³/mol. The summed E-state index contributed by atoms with van der Waals surface area (Å²) >= 11 is 1.46. The van der Waals surface area contributed by atoms with Crippen LogP contribution in [-0.4, -0.2) is 28.2 Å². The molecule has 3 rings (SSSR count). The molecular formula is C17H15N5O4S. The van der Waals surface area contributed by atoms with Gasteiger partial charge in [0, 0.05) is 17.6 Å². The minimum absolute atomic E-state index is 0.108. The molecule has 0 saturated carbocycles. The lowest BCUT2D eigenvalue weighted by molar-refractivity contribution is -0.386. The average molecular weight is 385 g/mol. The van der Waals surface area contributed by atoms with Crippen LogP contribution in [0.3, 0.4) is 0 Å². The first kappa shape index (κ1) is 18.3. The number of aryl methyl sites for hydroxylation is 1. The van der Waals surface area contributed by atoms with Crippen LogP contribution < -0.4 is 14.9 Å². The van der Waals surface area contributed by atoms with Crippen molar-refractivity contribution in [3.63, 3.8) is 0 Å². The van der Waals surface area contributed by atoms with Crippen molar-refractivity contribution in [1.82, 2.24) is 9.97 Å². The van der Waals surface area contributed by atoms with Gasteiger partial charge in [0.15, 0.2) is 11.5 Å². The second-order valence-electron chi connectivity index (χ2n) is 5.26. The Morgan fingerprint density at radius 3 is 2.89 bits per heavy atom. The number of nitrogens with one attached hydrogen (secondary N) is 1. The molecule has 0 unspecified atom stereocenters. The van der Waals surface area contributed by atoms with Crippen molar-refractivity contribution in [2.75, 3.05) is 12.5 Å². The van der Waals surface area contributed by atoms with E-state index < -0.39 is 4.92 Å². The van der Waals surface area contributed by atoms with Crippen LogP contribution in [0.4, 0.5) is 10.8 Å². The molecule has 0 saturated heterocycles. The van der Waals surface area contributed by atoms with Gasteiger partial charge in [0.1, 0.15) is 0 Å². The highest BCUT2D eigenvalue weighted by atomic mass is 32.1. The summed E-state index contributed by atoms with van der Waals surface area (Å²) in [5, 5.41) is 17.8. The fourth-order valence-corrected chi connectivity index (χ4v) is 2.76. The molecule has 10 heteroatoms. The number of hydrogen-bond acceptors (Lipinski definition) is 9. The number of hydrogen-bond donors (Lipinski definition) is 1. The molecule has 1 N–H and O–H groups in total. The maximum absolute atomic E-state index is 11.1. The highest BCUT2D eigenvalue weighted by Gasteiger charge is 2.18. The topological polar surface area (TPSA) is 112 Å². The Morgan fingerprint density at radius 1 is 1.33 bits per heavy atom. The second kappa shape index (κ2) is 8.23. The van der Waals surface area contributed by atoms with Gasteiger partial charge in [-0.05, 0) is 36.8 Å². The molecule has 9 nitrogen and oxygen atoms in total. The van der Waals surface area contributed by atoms with Crippen molar-refractivity contribution in [3.05, 3.63) is 63.3 Å². The van der Waals surface area contributed by atoms with Gasteiger partial charge in [-0.15, -0.1) is 11.3 Å². The van der Waals surface area contributed by atoms with Gasteiger partial charge in [0.2, 0.25) is 5.13 Å². The van der Waals surface area contributed by atoms with Crippen LogP contribution in [0.2, 0.25) is 0 Å². The van der Waals surface area contributed by atoms with E-state index in [2.05, 4.69) is 20.5 Å². The average Bonchev–Trinajstić information content (AvgIpc) is 3.08. The van der Waals surface area contributed by atoms with Crippen molar-refractivity contribution in [2.45, 2.75) is 6.92 Å². The molecule has 0 radical (unpaired) electrons. The standard InChI is InChI=1S/C17H15N5O4S/c1-11-10-27-17(20-11)21-19-9-12-5-6-14(15(8-12)25-2)26-16-13(22(23)24)4-3-7-18-16/h3-10H,1-2H3,(H,20,21). The van der Waals surface area contributed by atoms with Gasteiger partial charge < -0.3 is 9.47 Å². The van der Waals surface area contributed by atoms with Crippen LogP contribution in [-0.2, 0) is 0 Å². The smallest absolute Gasteiger partial charge is 0.331 e. The van der Waals surface area contributed by atoms with Crippen LogP contribution >= 0.6 is 11.3 Å². The number of anilines is 1. The summed E-state index contributed by atoms with van der Waals surface area (Å²) in [5.41, 5.74) is 4.28. The molecular weight excluding hydrogens is 370 g/mol. The molecule has 0 aliphatic carbocycles. The van der Waals surface area contributed by atoms with Crippen LogP contribution in [0.5, 0.6) is 17.4 Å². The molecule has 0 aliphatic rings. The molecule has 138 valence electrons. The van der Waals surface area contributed by atoms with Crippen molar-refractivity contribution in [3.8, 4) is 17.4 Å². The summed E-state index contributed by atoms with van der Waals surface area (Å²) in [4.78, 5) is 18.7. The number of ether oxygens (including phenoxy) is 2. The molecule has 27 heavy (non-hydrogen) atoms. The normalized spacial score (nSPS) is 10.7. The lowest BCUT2D eigenvalue weighted by Gasteiger charge is -2.10. The number of rotatable bonds is 7. The number of nitro groups is 1. The number of pyridine rings is 1. The van der Waals surface area contributed by atoms with Gasteiger partial charge in [-0.2, -0.15) is 5.10 Å². The summed E-state index contributed by atoms with van der Waals surface area (Å²) in [7, 11) is 1.48. The van der Waals surface area contributed by atoms with Crippen molar-refractivity contribution in [1.29, 1.82) is 0 Å². The van der Waals surface area contributed by atoms with Gasteiger partial charge in [0.05, 0.1) is 23.9 Å². The first-order chi connectivity index (χ1) is 13.1. The molecule has 3 aromatic rings. The highest BCUT2D eigenvalue weighted by Crippen LogP contribution is 2.34. The summed E-state index contributed by atoms with van der Waals surface area (Å²) in [6.45, 7) is 1.90. The molecule has 2 heterocycles. The van der Waals surface area contributed by atoms with Crippen LogP contribution in [0.15, 0.2) is 47.0 Å². The van der Waals surface area contributed by atoms with Gasteiger partial charge >= 0.3 is 5.69 Å². The fraction of sp³-hybridized carbons (Fsp3) is 0.118. The quantitative estimate of drug-likeness (QED) is 0.371. The van der Waals surface area contributed by atoms with E-state index in [1.165, 1.54) is 36.8 Å². The van der Waals surface area contributed by atoms with Crippen molar-refractivity contribution >= 4 is 28.4 Å². The van der Waals surface area contributed by atoms with Gasteiger partial charge in [0.25, 0.3) is 5.88 Å². The van der Waals surface area contributed by atoms with Crippen LogP contribution in [0.25, 0.3) is 0 Å². The molecule has 0 spiro atoms. The Balaban J connectivity index is 1.77. The Bertz CT molecular complexity index is 989. The monoisotopic (exact) mass is 385 g/mol. The van der Waals surface area contributed by atoms with E-state index in [4.69, 9.17) is 9.47 Å². The second-order valence-corrected chi connectivity index (χ2v) is 6.12. The Kier molecular flexibility index (Phi) is 5.57. The molecule has 0 bridgehead atoms. The molecule has 2 aromatic heterocycles. The fourth-order valence-electron chi connectivity index (χ4n) is 2.12. The third kappa shape index (κ3) is 4.55. The zero-order valence-electron chi connectivity index (χ0n) is 14.4. The largest absolute Gasteiger partial charge is 0.493 e. The molecule has 0 atom stereocenters. The highest BCUT2D eigenvalue weighted by molar-refractivity contribution is 7.13. The van der Waals surface area contributed by atoms with Crippen LogP contribution in [0, 0.1) is 17.0 Å². The lowest BCUT2D eigenvalue weighted by atomic mass is 10.2. The molecule has 0 aliphatic heterocycles. The van der Waals surface area contributed by atoms with E-state index in [-0.39, 0.29) is 11.6 Å². The van der Waals surface area contributed by atoms with Gasteiger partial charge in [-0.1, -0.05) is 0 Å². The molecule has 1 aromatic carbocycles. The SMILES string of the molecule is COc1cc(C=NNc2nc(C)cs2)ccc1Oc1ncccc1[N+](=O)[O-]. The number of benzene rings is 1. The predicted octanol–water partition coefficient (Wildman–Crippen LogP) is 4.00. The minimum atomic E-state index is -0.554. The summed E-state index contributed by atoms with van der Waals surface area (Å²) in [6.07, 6.45) is 3.02. The summed E-state index contributed by atoms with van der Waals surface area (Å²) < 4.78 is 10.9. The number of aromatic nitrogens is 2. The number of thiazole rings is 1. The maximum atomic E-state index is 11.1. The zero-order chi connectivity index (χ0) is 19.2. The Hall–Kier alpha value is -3.53. The van der Waals surface area contributed by atoms with Crippen LogP contribution in [0.1, 0.15) is 11.3 Å². The van der Waals surface area contributed by atoms with E-state index in [0.717, 1.165) is 11.3 Å². The van der Waals surface area contributed by atoms with E-state index >= 15 is 0 Å². The maximum Gasteiger partial charge on any atom is 0.331 e. The van der Waals surface area contributed by atoms with Crippen molar-refractivity contribution < 1.29 is 14.4 Å². The van der Waals surface area contributed by atoms with E-state index in [1.54, 1.807) is 24.4 Å². The number of nitrogens with zero attached hydrogens (tertiary/aromatic N) is 4. The molecule has 0 fully saturated rings. The first-order valence-electron chi connectivity index (χ1n) is 7.73. The molecule has 0 amide bonds. The van der Waals surface area contributed by atoms with Gasteiger partial charge in [-0.3, -0.25) is 15.5 Å². The Morgan fingerprint density at radius 2 is 2.19 bits per heavy atom. The minimum Gasteiger partial charge on any atom is -0.493 e. The van der Waals surface area contributed by atoms with Gasteiger partial charge in [-0.25, -0.2) is 9.97 Å². The van der Waals surface area contributed by atoms with E-state index in [0.29, 0.717) is 16.6 Å². The number of hydrazone groups is 1.